The minimum atomic E-state index is -0.134. The number of benzene rings is 15. The van der Waals surface area contributed by atoms with E-state index in [-0.39, 0.29) is 10.8 Å². The second kappa shape index (κ2) is 28.0. The van der Waals surface area contributed by atoms with Gasteiger partial charge in [0.25, 0.3) is 0 Å². The normalized spacial score (nSPS) is 12.8. The highest BCUT2D eigenvalue weighted by atomic mass is 79.9. The highest BCUT2D eigenvalue weighted by Gasteiger charge is 2.37. The fraction of sp³-hybridized carbons (Fsp3) is 0.0673. The molecule has 5 heterocycles. The van der Waals surface area contributed by atoms with E-state index >= 15 is 0 Å². The van der Waals surface area contributed by atoms with Gasteiger partial charge in [0.05, 0.1) is 33.1 Å². The molecule has 0 atom stereocenters. The van der Waals surface area contributed by atoms with Crippen molar-refractivity contribution in [3.63, 3.8) is 0 Å². The van der Waals surface area contributed by atoms with Crippen LogP contribution < -0.4 is 4.90 Å². The largest absolute Gasteiger partial charge is 0.316 e. The van der Waals surface area contributed by atoms with Crippen LogP contribution in [0.2, 0.25) is 0 Å². The molecule has 0 radical (unpaired) electrons. The van der Waals surface area contributed by atoms with Crippen molar-refractivity contribution in [1.82, 2.24) is 33.2 Å². The minimum Gasteiger partial charge on any atom is -0.316 e. The Morgan fingerprint density at radius 2 is 0.708 bits per heavy atom. The molecule has 2 aliphatic carbocycles. The number of anilines is 3. The number of aromatic nitrogens is 7. The summed E-state index contributed by atoms with van der Waals surface area (Å²) in [5.74, 6) is 1.80. The molecule has 15 aromatic carbocycles. The molecule has 0 saturated heterocycles. The first kappa shape index (κ1) is 68.5. The third-order valence-electron chi connectivity index (χ3n) is 23.1. The smallest absolute Gasteiger partial charge is 0.238 e. The molecule has 22 rings (SSSR count). The van der Waals surface area contributed by atoms with E-state index in [0.29, 0.717) is 17.6 Å². The molecular formula is C104H77BrN8. The van der Waals surface area contributed by atoms with Gasteiger partial charge in [0.15, 0.2) is 11.6 Å². The summed E-state index contributed by atoms with van der Waals surface area (Å²) < 4.78 is 10.2. The molecule has 20 aromatic rings. The van der Waals surface area contributed by atoms with E-state index in [4.69, 9.17) is 15.0 Å². The van der Waals surface area contributed by atoms with Gasteiger partial charge in [-0.1, -0.05) is 292 Å². The number of para-hydroxylation sites is 4. The van der Waals surface area contributed by atoms with Gasteiger partial charge in [-0.2, -0.15) is 9.97 Å². The number of nitrogens with zero attached hydrogens (tertiary/aromatic N) is 8. The lowest BCUT2D eigenvalue weighted by molar-refractivity contribution is 0.659. The van der Waals surface area contributed by atoms with E-state index in [0.717, 1.165) is 77.5 Å². The fourth-order valence-electron chi connectivity index (χ4n) is 17.7. The molecule has 9 heteroatoms. The van der Waals surface area contributed by atoms with E-state index in [9.17, 15) is 0 Å². The van der Waals surface area contributed by atoms with Crippen LogP contribution in [0.4, 0.5) is 17.1 Å². The zero-order valence-corrected chi connectivity index (χ0v) is 64.6. The summed E-state index contributed by atoms with van der Waals surface area (Å²) in [5.41, 5.74) is 29.1. The molecule has 0 spiro atoms. The molecule has 113 heavy (non-hydrogen) atoms. The molecule has 8 nitrogen and oxygen atoms in total. The van der Waals surface area contributed by atoms with Crippen LogP contribution >= 0.6 is 15.9 Å². The van der Waals surface area contributed by atoms with E-state index in [1.807, 2.05) is 36.4 Å². The Bertz CT molecular complexity index is 6950. The van der Waals surface area contributed by atoms with E-state index in [1.165, 1.54) is 99.7 Å². The van der Waals surface area contributed by atoms with Crippen LogP contribution in [0, 0.1) is 0 Å². The molecule has 0 saturated carbocycles. The second-order valence-corrected chi connectivity index (χ2v) is 31.4. The SMILES string of the molecule is Brc1ccc2c(c1)c1ccc3c(ccn3-c3ccccc3)c1n2-c1ccccc1.CC1(C)c2ccccc2-c2ccc(Cc3ccccc3)cc21.CC1(C)c2ccccc2-c2ccc(N(c3ccccc3)c3ccc4c(c3)c3ccc5c(ccn5-c5ccccc5)c3n4-c3nc(-c4ccccc4)nc(-c4ccccc4)n3)cc21. The van der Waals surface area contributed by atoms with Gasteiger partial charge in [-0.05, 0) is 183 Å². The highest BCUT2D eigenvalue weighted by molar-refractivity contribution is 9.10. The van der Waals surface area contributed by atoms with Crippen molar-refractivity contribution in [3.8, 4) is 68.0 Å². The van der Waals surface area contributed by atoms with Crippen LogP contribution in [-0.4, -0.2) is 33.2 Å². The molecule has 0 fully saturated rings. The summed E-state index contributed by atoms with van der Waals surface area (Å²) in [6, 6.07) is 132. The van der Waals surface area contributed by atoms with Gasteiger partial charge in [0.2, 0.25) is 5.95 Å². The van der Waals surface area contributed by atoms with Crippen molar-refractivity contribution in [2.24, 2.45) is 0 Å². The van der Waals surface area contributed by atoms with Gasteiger partial charge in [0, 0.05) is 105 Å². The van der Waals surface area contributed by atoms with Crippen LogP contribution in [0.1, 0.15) is 61.1 Å². The Morgan fingerprint density at radius 1 is 0.292 bits per heavy atom. The summed E-state index contributed by atoms with van der Waals surface area (Å²) in [7, 11) is 0. The molecule has 0 aliphatic heterocycles. The van der Waals surface area contributed by atoms with E-state index in [1.54, 1.807) is 0 Å². The number of fused-ring (bicyclic) bond motifs is 16. The summed E-state index contributed by atoms with van der Waals surface area (Å²) in [6.07, 6.45) is 5.33. The standard InChI is InChI=1S/C56H40N6.C26H17BrN2.C22H20/c1-56(2)48-26-16-15-25-43(48)44-29-27-42(36-49(44)56)61(40-23-13-6-14-24-40)41-28-31-51-47(35-41)45-30-32-50-46(33-34-60(50)39-21-11-5-12-22-39)52(45)62(51)55-58-53(37-17-7-3-8-18-37)57-54(59-55)38-19-9-4-10-20-38;27-18-11-13-25-23(17-18)21-12-14-24-22(15-16-28(24)19-7-3-1-4-8-19)26(21)29(25)20-9-5-2-6-10-20;1-22(2)20-11-7-6-10-18(20)19-13-12-17(15-21(19)22)14-16-8-4-3-5-9-16/h3-36H,1-2H3;1-17H;3-13,15H,14H2,1-2H3. The molecule has 0 unspecified atom stereocenters. The highest BCUT2D eigenvalue weighted by Crippen LogP contribution is 2.53. The van der Waals surface area contributed by atoms with Crippen molar-refractivity contribution in [3.05, 3.63) is 420 Å². The molecule has 2 aliphatic rings. The van der Waals surface area contributed by atoms with Crippen molar-refractivity contribution in [2.45, 2.75) is 44.9 Å². The maximum Gasteiger partial charge on any atom is 0.238 e. The van der Waals surface area contributed by atoms with Gasteiger partial charge in [-0.3, -0.25) is 4.57 Å². The average molecular weight is 1520 g/mol. The first-order valence-corrected chi connectivity index (χ1v) is 39.5. The van der Waals surface area contributed by atoms with Crippen molar-refractivity contribution in [2.75, 3.05) is 4.90 Å². The minimum absolute atomic E-state index is 0.0959. The Morgan fingerprint density at radius 3 is 1.27 bits per heavy atom. The lowest BCUT2D eigenvalue weighted by Crippen LogP contribution is -2.16. The quantitative estimate of drug-likeness (QED) is 0.129. The zero-order valence-electron chi connectivity index (χ0n) is 63.0. The maximum absolute atomic E-state index is 5.28. The van der Waals surface area contributed by atoms with E-state index < -0.39 is 0 Å². The third-order valence-corrected chi connectivity index (χ3v) is 23.6. The van der Waals surface area contributed by atoms with Gasteiger partial charge in [0.1, 0.15) is 0 Å². The fourth-order valence-corrected chi connectivity index (χ4v) is 18.0. The number of halogens is 1. The van der Waals surface area contributed by atoms with Crippen molar-refractivity contribution >= 4 is 98.4 Å². The maximum atomic E-state index is 5.28. The van der Waals surface area contributed by atoms with Gasteiger partial charge in [-0.25, -0.2) is 4.98 Å². The molecule has 5 aromatic heterocycles. The summed E-state index contributed by atoms with van der Waals surface area (Å²) in [6.45, 7) is 9.36. The van der Waals surface area contributed by atoms with Crippen LogP contribution in [0.5, 0.6) is 0 Å². The average Bonchev–Trinajstić information content (AvgIpc) is 1.59. The van der Waals surface area contributed by atoms with Gasteiger partial charge >= 0.3 is 0 Å². The van der Waals surface area contributed by atoms with Crippen LogP contribution in [0.15, 0.2) is 387 Å². The lowest BCUT2D eigenvalue weighted by atomic mass is 9.81. The lowest BCUT2D eigenvalue weighted by Gasteiger charge is -2.28. The third kappa shape index (κ3) is 11.9. The monoisotopic (exact) mass is 1520 g/mol. The molecule has 0 N–H and O–H groups in total. The van der Waals surface area contributed by atoms with Crippen LogP contribution in [0.3, 0.4) is 0 Å². The first-order chi connectivity index (χ1) is 55.5. The Balaban J connectivity index is 0.000000133. The summed E-state index contributed by atoms with van der Waals surface area (Å²) >= 11 is 3.65. The predicted molar refractivity (Wildman–Crippen MR) is 473 cm³/mol. The Labute approximate surface area is 665 Å². The molecule has 0 amide bonds. The topological polar surface area (TPSA) is 61.6 Å². The number of hydrogen-bond acceptors (Lipinski definition) is 4. The second-order valence-electron chi connectivity index (χ2n) is 30.5. The number of hydrogen-bond donors (Lipinski definition) is 0. The molecule has 0 bridgehead atoms. The summed E-state index contributed by atoms with van der Waals surface area (Å²) in [4.78, 5) is 18.0. The zero-order chi connectivity index (χ0) is 75.9. The van der Waals surface area contributed by atoms with Gasteiger partial charge in [-0.15, -0.1) is 0 Å². The molecular weight excluding hydrogens is 1440 g/mol. The Hall–Kier alpha value is -13.7. The Kier molecular flexibility index (Phi) is 17.0. The van der Waals surface area contributed by atoms with Crippen LogP contribution in [0.25, 0.3) is 133 Å². The van der Waals surface area contributed by atoms with Crippen LogP contribution in [-0.2, 0) is 17.3 Å². The number of rotatable bonds is 11. The van der Waals surface area contributed by atoms with E-state index in [2.05, 4.69) is 413 Å². The summed E-state index contributed by atoms with van der Waals surface area (Å²) in [5, 5.41) is 7.09. The van der Waals surface area contributed by atoms with Crippen molar-refractivity contribution < 1.29 is 0 Å². The first-order valence-electron chi connectivity index (χ1n) is 38.7. The predicted octanol–water partition coefficient (Wildman–Crippen LogP) is 27.1. The van der Waals surface area contributed by atoms with Crippen molar-refractivity contribution in [1.29, 1.82) is 0 Å². The molecule has 540 valence electrons. The van der Waals surface area contributed by atoms with Gasteiger partial charge < -0.3 is 18.6 Å².